The minimum absolute atomic E-state index is 0.0108. The molecule has 4 aliphatic rings. The Labute approximate surface area is 150 Å². The summed E-state index contributed by atoms with van der Waals surface area (Å²) in [6.07, 6.45) is 10.6. The van der Waals surface area contributed by atoms with Crippen molar-refractivity contribution in [1.29, 1.82) is 0 Å². The molecule has 3 fully saturated rings. The quantitative estimate of drug-likeness (QED) is 0.660. The first-order valence-corrected chi connectivity index (χ1v) is 9.88. The monoisotopic (exact) mass is 342 g/mol. The fourth-order valence-electron chi connectivity index (χ4n) is 6.48. The van der Waals surface area contributed by atoms with Gasteiger partial charge in [-0.05, 0) is 54.4 Å². The van der Waals surface area contributed by atoms with Gasteiger partial charge in [0.1, 0.15) is 11.9 Å². The summed E-state index contributed by atoms with van der Waals surface area (Å²) in [6, 6.07) is 0. The SMILES string of the molecule is CC1CC(C)C2(C)CCC3C(=O)OC(C4=CCC=C4)CC3(C)C2C1=O. The Bertz CT molecular complexity index is 675. The molecule has 0 radical (unpaired) electrons. The molecule has 0 aromatic rings. The number of carbonyl (C=O) groups excluding carboxylic acids is 2. The van der Waals surface area contributed by atoms with E-state index in [0.29, 0.717) is 11.7 Å². The van der Waals surface area contributed by atoms with Crippen LogP contribution in [0.1, 0.15) is 59.8 Å². The number of hydrogen-bond donors (Lipinski definition) is 0. The third-order valence-corrected chi connectivity index (χ3v) is 8.03. The molecule has 0 aromatic carbocycles. The average molecular weight is 342 g/mol. The van der Waals surface area contributed by atoms with Crippen molar-refractivity contribution in [3.63, 3.8) is 0 Å². The summed E-state index contributed by atoms with van der Waals surface area (Å²) in [6.45, 7) is 8.89. The normalized spacial score (nSPS) is 49.3. The van der Waals surface area contributed by atoms with Gasteiger partial charge in [0.2, 0.25) is 0 Å². The maximum Gasteiger partial charge on any atom is 0.310 e. The predicted molar refractivity (Wildman–Crippen MR) is 96.7 cm³/mol. The zero-order valence-corrected chi connectivity index (χ0v) is 15.9. The van der Waals surface area contributed by atoms with Gasteiger partial charge in [0, 0.05) is 11.8 Å². The Morgan fingerprint density at radius 3 is 2.60 bits per heavy atom. The van der Waals surface area contributed by atoms with Crippen LogP contribution in [0.15, 0.2) is 23.8 Å². The van der Waals surface area contributed by atoms with Gasteiger partial charge in [-0.3, -0.25) is 9.59 Å². The zero-order valence-electron chi connectivity index (χ0n) is 15.9. The molecule has 1 saturated heterocycles. The zero-order chi connectivity index (χ0) is 18.0. The highest BCUT2D eigenvalue weighted by Crippen LogP contribution is 2.64. The van der Waals surface area contributed by atoms with Crippen LogP contribution in [0.5, 0.6) is 0 Å². The van der Waals surface area contributed by atoms with Crippen LogP contribution < -0.4 is 0 Å². The standard InChI is InChI=1S/C22H30O3/c1-13-11-14(2)21(3)10-9-16-20(24)25-17(15-7-5-6-8-15)12-22(16,4)19(21)18(13)23/h5,7-8,13-14,16-17,19H,6,9-12H2,1-4H3. The van der Waals surface area contributed by atoms with E-state index in [-0.39, 0.29) is 40.7 Å². The van der Waals surface area contributed by atoms with Gasteiger partial charge in [0.05, 0.1) is 5.92 Å². The molecular weight excluding hydrogens is 312 g/mol. The van der Waals surface area contributed by atoms with E-state index in [1.54, 1.807) is 0 Å². The lowest BCUT2D eigenvalue weighted by molar-refractivity contribution is -0.197. The Morgan fingerprint density at radius 2 is 1.92 bits per heavy atom. The third kappa shape index (κ3) is 2.30. The number of rotatable bonds is 1. The van der Waals surface area contributed by atoms with Gasteiger partial charge in [0.25, 0.3) is 0 Å². The van der Waals surface area contributed by atoms with Crippen molar-refractivity contribution in [1.82, 2.24) is 0 Å². The number of cyclic esters (lactones) is 1. The highest BCUT2D eigenvalue weighted by atomic mass is 16.5. The molecule has 0 aromatic heterocycles. The largest absolute Gasteiger partial charge is 0.457 e. The van der Waals surface area contributed by atoms with Gasteiger partial charge < -0.3 is 4.74 Å². The summed E-state index contributed by atoms with van der Waals surface area (Å²) < 4.78 is 5.84. The molecule has 7 atom stereocenters. The van der Waals surface area contributed by atoms with Gasteiger partial charge in [-0.25, -0.2) is 0 Å². The number of fused-ring (bicyclic) bond motifs is 3. The lowest BCUT2D eigenvalue weighted by atomic mass is 9.42. The van der Waals surface area contributed by atoms with Crippen molar-refractivity contribution in [2.24, 2.45) is 34.5 Å². The summed E-state index contributed by atoms with van der Waals surface area (Å²) in [5.74, 6) is 0.765. The summed E-state index contributed by atoms with van der Waals surface area (Å²) >= 11 is 0. The molecule has 7 unspecified atom stereocenters. The van der Waals surface area contributed by atoms with Crippen molar-refractivity contribution in [2.75, 3.05) is 0 Å². The number of ketones is 1. The number of Topliss-reactive ketones (excluding diaryl/α,β-unsaturated/α-hetero) is 1. The highest BCUT2D eigenvalue weighted by molar-refractivity contribution is 5.87. The van der Waals surface area contributed by atoms with Crippen LogP contribution in [0.25, 0.3) is 0 Å². The summed E-state index contributed by atoms with van der Waals surface area (Å²) in [4.78, 5) is 26.2. The van der Waals surface area contributed by atoms with E-state index < -0.39 is 0 Å². The molecule has 0 spiro atoms. The van der Waals surface area contributed by atoms with E-state index in [1.165, 1.54) is 0 Å². The minimum atomic E-state index is -0.287. The molecule has 1 heterocycles. The van der Waals surface area contributed by atoms with E-state index in [1.807, 2.05) is 0 Å². The lowest BCUT2D eigenvalue weighted by Crippen LogP contribution is -2.62. The van der Waals surface area contributed by atoms with Crippen LogP contribution in [0, 0.1) is 34.5 Å². The van der Waals surface area contributed by atoms with Crippen LogP contribution in [0.4, 0.5) is 0 Å². The van der Waals surface area contributed by atoms with Gasteiger partial charge in [-0.2, -0.15) is 0 Å². The predicted octanol–water partition coefficient (Wildman–Crippen LogP) is 4.47. The molecule has 4 rings (SSSR count). The van der Waals surface area contributed by atoms with Gasteiger partial charge >= 0.3 is 5.97 Å². The molecule has 0 bridgehead atoms. The highest BCUT2D eigenvalue weighted by Gasteiger charge is 2.64. The number of allylic oxidation sites excluding steroid dienone is 2. The minimum Gasteiger partial charge on any atom is -0.457 e. The Hall–Kier alpha value is -1.38. The first kappa shape index (κ1) is 17.1. The summed E-state index contributed by atoms with van der Waals surface area (Å²) in [7, 11) is 0. The first-order valence-electron chi connectivity index (χ1n) is 9.88. The molecule has 1 aliphatic heterocycles. The molecular formula is C22H30O3. The van der Waals surface area contributed by atoms with E-state index in [0.717, 1.165) is 37.7 Å². The number of carbonyl (C=O) groups is 2. The maximum absolute atomic E-state index is 13.3. The van der Waals surface area contributed by atoms with Gasteiger partial charge in [-0.15, -0.1) is 0 Å². The number of esters is 1. The molecule has 3 aliphatic carbocycles. The number of ether oxygens (including phenoxy) is 1. The second kappa shape index (κ2) is 5.56. The van der Waals surface area contributed by atoms with Gasteiger partial charge in [0.15, 0.2) is 0 Å². The lowest BCUT2D eigenvalue weighted by Gasteiger charge is -2.61. The maximum atomic E-state index is 13.3. The van der Waals surface area contributed by atoms with Crippen LogP contribution in [0.3, 0.4) is 0 Å². The van der Waals surface area contributed by atoms with Crippen molar-refractivity contribution in [2.45, 2.75) is 65.9 Å². The molecule has 0 N–H and O–H groups in total. The third-order valence-electron chi connectivity index (χ3n) is 8.03. The molecule has 2 saturated carbocycles. The Kier molecular flexibility index (Phi) is 3.79. The molecule has 3 heteroatoms. The van der Waals surface area contributed by atoms with Crippen LogP contribution >= 0.6 is 0 Å². The Balaban J connectivity index is 1.76. The van der Waals surface area contributed by atoms with E-state index in [9.17, 15) is 9.59 Å². The van der Waals surface area contributed by atoms with Crippen LogP contribution in [0.2, 0.25) is 0 Å². The summed E-state index contributed by atoms with van der Waals surface area (Å²) in [5.41, 5.74) is 0.839. The van der Waals surface area contributed by atoms with Gasteiger partial charge in [-0.1, -0.05) is 45.9 Å². The second-order valence-electron chi connectivity index (χ2n) is 9.45. The fourth-order valence-corrected chi connectivity index (χ4v) is 6.48. The van der Waals surface area contributed by atoms with E-state index in [4.69, 9.17) is 4.74 Å². The van der Waals surface area contributed by atoms with Crippen LogP contribution in [-0.4, -0.2) is 17.9 Å². The summed E-state index contributed by atoms with van der Waals surface area (Å²) in [5, 5.41) is 0. The molecule has 136 valence electrons. The smallest absolute Gasteiger partial charge is 0.310 e. The van der Waals surface area contributed by atoms with Crippen molar-refractivity contribution >= 4 is 11.8 Å². The Morgan fingerprint density at radius 1 is 1.16 bits per heavy atom. The molecule has 0 amide bonds. The first-order chi connectivity index (χ1) is 11.8. The number of hydrogen-bond acceptors (Lipinski definition) is 3. The molecule has 25 heavy (non-hydrogen) atoms. The van der Waals surface area contributed by atoms with E-state index in [2.05, 4.69) is 45.9 Å². The fraction of sp³-hybridized carbons (Fsp3) is 0.727. The molecule has 3 nitrogen and oxygen atoms in total. The van der Waals surface area contributed by atoms with Crippen molar-refractivity contribution in [3.05, 3.63) is 23.8 Å². The van der Waals surface area contributed by atoms with Crippen molar-refractivity contribution < 1.29 is 14.3 Å². The van der Waals surface area contributed by atoms with Crippen LogP contribution in [-0.2, 0) is 14.3 Å². The van der Waals surface area contributed by atoms with Crippen molar-refractivity contribution in [3.8, 4) is 0 Å². The topological polar surface area (TPSA) is 43.4 Å². The average Bonchev–Trinajstić information content (AvgIpc) is 3.06. The van der Waals surface area contributed by atoms with E-state index >= 15 is 0 Å². The second-order valence-corrected chi connectivity index (χ2v) is 9.45.